The number of alkyl halides is 3. The number of thiophene rings is 1. The maximum Gasteiger partial charge on any atom is 0.416 e. The molecule has 0 saturated carbocycles. The molecular weight excluding hydrogens is 377 g/mol. The lowest BCUT2D eigenvalue weighted by Crippen LogP contribution is -2.05. The molecule has 0 aliphatic rings. The van der Waals surface area contributed by atoms with Crippen LogP contribution in [0.3, 0.4) is 0 Å². The van der Waals surface area contributed by atoms with Gasteiger partial charge in [-0.2, -0.15) is 13.2 Å². The first-order chi connectivity index (χ1) is 12.4. The van der Waals surface area contributed by atoms with Crippen LogP contribution in [0.15, 0.2) is 53.9 Å². The molecule has 2 nitrogen and oxygen atoms in total. The summed E-state index contributed by atoms with van der Waals surface area (Å²) in [6.07, 6.45) is -4.36. The number of anilines is 2. The number of nitrogens with one attached hydrogen (secondary N) is 1. The Bertz CT molecular complexity index is 1080. The normalized spacial score (nSPS) is 11.8. The SMILES string of the molecule is Cc1c(-c2csc(Nc3cccc(C(F)(F)F)c3)n2)sc2ccccc12. The number of hydrogen-bond acceptors (Lipinski definition) is 4. The van der Waals surface area contributed by atoms with E-state index < -0.39 is 11.7 Å². The zero-order chi connectivity index (χ0) is 18.3. The number of nitrogens with zero attached hydrogens (tertiary/aromatic N) is 1. The number of hydrogen-bond donors (Lipinski definition) is 1. The summed E-state index contributed by atoms with van der Waals surface area (Å²) in [7, 11) is 0. The van der Waals surface area contributed by atoms with Crippen LogP contribution < -0.4 is 5.32 Å². The lowest BCUT2D eigenvalue weighted by atomic mass is 10.1. The highest BCUT2D eigenvalue weighted by Gasteiger charge is 2.30. The molecule has 0 aliphatic heterocycles. The molecule has 26 heavy (non-hydrogen) atoms. The van der Waals surface area contributed by atoms with E-state index in [4.69, 9.17) is 0 Å². The molecule has 0 spiro atoms. The summed E-state index contributed by atoms with van der Waals surface area (Å²) in [5.74, 6) is 0. The molecule has 2 heterocycles. The monoisotopic (exact) mass is 390 g/mol. The lowest BCUT2D eigenvalue weighted by molar-refractivity contribution is -0.137. The molecule has 0 unspecified atom stereocenters. The van der Waals surface area contributed by atoms with Gasteiger partial charge >= 0.3 is 6.18 Å². The van der Waals surface area contributed by atoms with Gasteiger partial charge in [0, 0.05) is 15.8 Å². The van der Waals surface area contributed by atoms with Gasteiger partial charge in [-0.25, -0.2) is 4.98 Å². The zero-order valence-electron chi connectivity index (χ0n) is 13.6. The van der Waals surface area contributed by atoms with Gasteiger partial charge in [0.05, 0.1) is 16.1 Å². The molecule has 132 valence electrons. The van der Waals surface area contributed by atoms with Crippen molar-refractivity contribution in [2.24, 2.45) is 0 Å². The second kappa shape index (κ2) is 6.41. The highest BCUT2D eigenvalue weighted by atomic mass is 32.1. The zero-order valence-corrected chi connectivity index (χ0v) is 15.2. The number of benzene rings is 2. The van der Waals surface area contributed by atoms with Crippen LogP contribution in [0.1, 0.15) is 11.1 Å². The Hall–Kier alpha value is -2.38. The fourth-order valence-electron chi connectivity index (χ4n) is 2.75. The molecule has 0 radical (unpaired) electrons. The predicted octanol–water partition coefficient (Wildman–Crippen LogP) is 7.10. The van der Waals surface area contributed by atoms with E-state index in [1.807, 2.05) is 17.5 Å². The van der Waals surface area contributed by atoms with E-state index in [9.17, 15) is 13.2 Å². The molecule has 0 fully saturated rings. The van der Waals surface area contributed by atoms with E-state index in [2.05, 4.69) is 29.4 Å². The number of aromatic nitrogens is 1. The van der Waals surface area contributed by atoms with Crippen molar-refractivity contribution in [1.82, 2.24) is 4.98 Å². The summed E-state index contributed by atoms with van der Waals surface area (Å²) < 4.78 is 39.7. The Morgan fingerprint density at radius 1 is 1.04 bits per heavy atom. The van der Waals surface area contributed by atoms with Crippen molar-refractivity contribution in [1.29, 1.82) is 0 Å². The first-order valence-corrected chi connectivity index (χ1v) is 9.50. The molecule has 2 aromatic heterocycles. The molecule has 0 amide bonds. The van der Waals surface area contributed by atoms with Crippen LogP contribution in [-0.2, 0) is 6.18 Å². The third kappa shape index (κ3) is 3.20. The van der Waals surface area contributed by atoms with E-state index >= 15 is 0 Å². The molecule has 2 aromatic carbocycles. The second-order valence-electron chi connectivity index (χ2n) is 5.79. The van der Waals surface area contributed by atoms with Crippen molar-refractivity contribution in [2.45, 2.75) is 13.1 Å². The fourth-order valence-corrected chi connectivity index (χ4v) is 4.72. The predicted molar refractivity (Wildman–Crippen MR) is 102 cm³/mol. The van der Waals surface area contributed by atoms with Crippen LogP contribution >= 0.6 is 22.7 Å². The highest BCUT2D eigenvalue weighted by molar-refractivity contribution is 7.23. The minimum atomic E-state index is -4.36. The molecule has 0 aliphatic carbocycles. The van der Waals surface area contributed by atoms with Gasteiger partial charge in [-0.05, 0) is 42.1 Å². The number of aryl methyl sites for hydroxylation is 1. The summed E-state index contributed by atoms with van der Waals surface area (Å²) in [6.45, 7) is 2.06. The summed E-state index contributed by atoms with van der Waals surface area (Å²) in [5.41, 5.74) is 1.69. The highest BCUT2D eigenvalue weighted by Crippen LogP contribution is 2.39. The second-order valence-corrected chi connectivity index (χ2v) is 7.70. The summed E-state index contributed by atoms with van der Waals surface area (Å²) in [4.78, 5) is 5.64. The molecule has 0 saturated heterocycles. The minimum Gasteiger partial charge on any atom is -0.332 e. The molecule has 1 N–H and O–H groups in total. The van der Waals surface area contributed by atoms with Crippen LogP contribution in [0.4, 0.5) is 24.0 Å². The summed E-state index contributed by atoms with van der Waals surface area (Å²) >= 11 is 3.04. The van der Waals surface area contributed by atoms with Crippen molar-refractivity contribution in [3.8, 4) is 10.6 Å². The van der Waals surface area contributed by atoms with Gasteiger partial charge < -0.3 is 5.32 Å². The average Bonchev–Trinajstić information content (AvgIpc) is 3.19. The topological polar surface area (TPSA) is 24.9 Å². The Morgan fingerprint density at radius 2 is 1.85 bits per heavy atom. The molecular formula is C19H13F3N2S2. The average molecular weight is 390 g/mol. The molecule has 7 heteroatoms. The standard InChI is InChI=1S/C19H13F3N2S2/c1-11-14-7-2-3-8-16(14)26-17(11)15-10-25-18(24-15)23-13-6-4-5-12(9-13)19(20,21)22/h2-10H,1H3,(H,23,24). The maximum atomic E-state index is 12.8. The molecule has 0 bridgehead atoms. The molecule has 4 rings (SSSR count). The molecule has 0 atom stereocenters. The van der Waals surface area contributed by atoms with Crippen LogP contribution in [0.25, 0.3) is 20.7 Å². The van der Waals surface area contributed by atoms with Crippen LogP contribution in [0, 0.1) is 6.92 Å². The first kappa shape index (κ1) is 17.1. The lowest BCUT2D eigenvalue weighted by Gasteiger charge is -2.08. The van der Waals surface area contributed by atoms with Crippen molar-refractivity contribution >= 4 is 43.6 Å². The quantitative estimate of drug-likeness (QED) is 0.404. The van der Waals surface area contributed by atoms with Crippen LogP contribution in [0.2, 0.25) is 0 Å². The van der Waals surface area contributed by atoms with Gasteiger partial charge in [0.1, 0.15) is 0 Å². The molecule has 4 aromatic rings. The van der Waals surface area contributed by atoms with Gasteiger partial charge in [-0.3, -0.25) is 0 Å². The van der Waals surface area contributed by atoms with Crippen molar-refractivity contribution in [3.63, 3.8) is 0 Å². The Morgan fingerprint density at radius 3 is 2.62 bits per heavy atom. The third-order valence-electron chi connectivity index (χ3n) is 4.02. The summed E-state index contributed by atoms with van der Waals surface area (Å²) in [6, 6.07) is 13.3. The van der Waals surface area contributed by atoms with E-state index in [-0.39, 0.29) is 0 Å². The number of thiazole rings is 1. The van der Waals surface area contributed by atoms with Crippen molar-refractivity contribution in [2.75, 3.05) is 5.32 Å². The Kier molecular flexibility index (Phi) is 4.20. The van der Waals surface area contributed by atoms with Crippen molar-refractivity contribution in [3.05, 3.63) is 65.0 Å². The number of fused-ring (bicyclic) bond motifs is 1. The van der Waals surface area contributed by atoms with E-state index in [1.54, 1.807) is 17.4 Å². The Balaban J connectivity index is 1.63. The van der Waals surface area contributed by atoms with Crippen LogP contribution in [0.5, 0.6) is 0 Å². The van der Waals surface area contributed by atoms with Gasteiger partial charge in [-0.1, -0.05) is 24.3 Å². The van der Waals surface area contributed by atoms with Crippen LogP contribution in [-0.4, -0.2) is 4.98 Å². The summed E-state index contributed by atoms with van der Waals surface area (Å²) in [5, 5.41) is 6.66. The van der Waals surface area contributed by atoms with Gasteiger partial charge in [0.25, 0.3) is 0 Å². The fraction of sp³-hybridized carbons (Fsp3) is 0.105. The first-order valence-electron chi connectivity index (χ1n) is 7.80. The van der Waals surface area contributed by atoms with Gasteiger partial charge in [0.15, 0.2) is 5.13 Å². The van der Waals surface area contributed by atoms with Gasteiger partial charge in [-0.15, -0.1) is 22.7 Å². The largest absolute Gasteiger partial charge is 0.416 e. The smallest absolute Gasteiger partial charge is 0.332 e. The minimum absolute atomic E-state index is 0.369. The maximum absolute atomic E-state index is 12.8. The number of rotatable bonds is 3. The third-order valence-corrected chi connectivity index (χ3v) is 6.07. The Labute approximate surface area is 156 Å². The van der Waals surface area contributed by atoms with Crippen molar-refractivity contribution < 1.29 is 13.2 Å². The van der Waals surface area contributed by atoms with E-state index in [0.29, 0.717) is 10.8 Å². The van der Waals surface area contributed by atoms with Gasteiger partial charge in [0.2, 0.25) is 0 Å². The number of halogens is 3. The van der Waals surface area contributed by atoms with E-state index in [1.165, 1.54) is 33.1 Å². The van der Waals surface area contributed by atoms with E-state index in [0.717, 1.165) is 22.7 Å².